The highest BCUT2D eigenvalue weighted by Gasteiger charge is 2.38. The van der Waals surface area contributed by atoms with Crippen LogP contribution in [0.2, 0.25) is 5.02 Å². The fourth-order valence-corrected chi connectivity index (χ4v) is 4.61. The molecule has 9 heteroatoms. The van der Waals surface area contributed by atoms with E-state index in [0.29, 0.717) is 34.8 Å². The van der Waals surface area contributed by atoms with Crippen molar-refractivity contribution in [2.24, 2.45) is 5.92 Å². The van der Waals surface area contributed by atoms with Gasteiger partial charge < -0.3 is 19.5 Å². The second-order valence-electron chi connectivity index (χ2n) is 8.22. The molecular formula is C23H20ClF2N3O3. The average Bonchev–Trinajstić information content (AvgIpc) is 2.74. The molecular weight excluding hydrogens is 440 g/mol. The van der Waals surface area contributed by atoms with Crippen LogP contribution in [0, 0.1) is 17.6 Å². The van der Waals surface area contributed by atoms with Gasteiger partial charge in [0.25, 0.3) is 5.56 Å². The molecule has 2 aliphatic rings. The molecule has 1 saturated heterocycles. The van der Waals surface area contributed by atoms with Crippen LogP contribution in [0.15, 0.2) is 41.2 Å². The van der Waals surface area contributed by atoms with Crippen LogP contribution in [0.5, 0.6) is 0 Å². The number of carbonyl (C=O) groups excluding carboxylic acids is 1. The Kier molecular flexibility index (Phi) is 5.14. The maximum absolute atomic E-state index is 14.0. The number of halogens is 3. The van der Waals surface area contributed by atoms with Crippen LogP contribution in [0.1, 0.15) is 17.3 Å². The summed E-state index contributed by atoms with van der Waals surface area (Å²) in [7, 11) is 1.67. The third kappa shape index (κ3) is 3.43. The third-order valence-corrected chi connectivity index (χ3v) is 6.53. The summed E-state index contributed by atoms with van der Waals surface area (Å²) in [6, 6.07) is 8.84. The maximum Gasteiger partial charge on any atom is 0.256 e. The fraction of sp³-hybridized carbons (Fsp3) is 0.304. The van der Waals surface area contributed by atoms with Crippen LogP contribution >= 0.6 is 11.6 Å². The molecule has 0 unspecified atom stereocenters. The molecule has 6 nitrogen and oxygen atoms in total. The normalized spacial score (nSPS) is 18.4. The molecule has 1 aromatic heterocycles. The summed E-state index contributed by atoms with van der Waals surface area (Å²) in [4.78, 5) is 32.0. The summed E-state index contributed by atoms with van der Waals surface area (Å²) in [5.74, 6) is -2.40. The quantitative estimate of drug-likeness (QED) is 0.649. The third-order valence-electron chi connectivity index (χ3n) is 6.28. The highest BCUT2D eigenvalue weighted by Crippen LogP contribution is 2.35. The van der Waals surface area contributed by atoms with Crippen molar-refractivity contribution in [3.05, 3.63) is 74.7 Å². The number of rotatable bonds is 3. The van der Waals surface area contributed by atoms with E-state index in [-0.39, 0.29) is 30.4 Å². The lowest BCUT2D eigenvalue weighted by Crippen LogP contribution is -2.55. The zero-order valence-electron chi connectivity index (χ0n) is 17.2. The van der Waals surface area contributed by atoms with E-state index in [1.54, 1.807) is 11.9 Å². The number of aromatic nitrogens is 1. The van der Waals surface area contributed by atoms with Crippen LogP contribution in [0.25, 0.3) is 10.8 Å². The van der Waals surface area contributed by atoms with Gasteiger partial charge in [0.05, 0.1) is 30.6 Å². The number of carbonyl (C=O) groups is 1. The number of likely N-dealkylation sites (N-methyl/N-ethyl adjacent to an activating group) is 1. The van der Waals surface area contributed by atoms with Gasteiger partial charge in [0.15, 0.2) is 11.6 Å². The first-order valence-electron chi connectivity index (χ1n) is 10.2. The monoisotopic (exact) mass is 459 g/mol. The number of nitrogens with zero attached hydrogens (tertiary/aromatic N) is 2. The zero-order valence-corrected chi connectivity index (χ0v) is 18.0. The number of amides is 1. The van der Waals surface area contributed by atoms with E-state index < -0.39 is 23.2 Å². The van der Waals surface area contributed by atoms with E-state index >= 15 is 0 Å². The van der Waals surface area contributed by atoms with Gasteiger partial charge in [-0.3, -0.25) is 9.59 Å². The molecule has 0 aliphatic carbocycles. The average molecular weight is 460 g/mol. The van der Waals surface area contributed by atoms with Gasteiger partial charge in [-0.15, -0.1) is 0 Å². The molecule has 0 radical (unpaired) electrons. The van der Waals surface area contributed by atoms with Gasteiger partial charge in [0.2, 0.25) is 5.91 Å². The molecule has 1 fully saturated rings. The minimum atomic E-state index is -1.09. The molecule has 166 valence electrons. The Bertz CT molecular complexity index is 1270. The van der Waals surface area contributed by atoms with E-state index in [0.717, 1.165) is 17.8 Å². The summed E-state index contributed by atoms with van der Waals surface area (Å²) in [6.07, 6.45) is 0. The smallest absolute Gasteiger partial charge is 0.256 e. The highest BCUT2D eigenvalue weighted by molar-refractivity contribution is 6.30. The number of anilines is 1. The number of aromatic amines is 1. The Morgan fingerprint density at radius 2 is 1.81 bits per heavy atom. The standard InChI is InChI=1S/C23H20ClF2N3O3/c1-28(23(31)12-8-29(9-12)14-4-2-13(24)3-5-14)20-11-32-10-19-21(20)15-6-17(25)18(26)7-16(15)22(30)27-19/h2-7,12,20H,8-11H2,1H3,(H,27,30)/t20-/m1/s1. The molecule has 1 amide bonds. The Morgan fingerprint density at radius 1 is 1.16 bits per heavy atom. The fourth-order valence-electron chi connectivity index (χ4n) is 4.49. The molecule has 0 bridgehead atoms. The zero-order chi connectivity index (χ0) is 22.6. The minimum Gasteiger partial charge on any atom is -0.373 e. The Morgan fingerprint density at radius 3 is 2.50 bits per heavy atom. The summed E-state index contributed by atoms with van der Waals surface area (Å²) >= 11 is 5.94. The summed E-state index contributed by atoms with van der Waals surface area (Å²) in [6.45, 7) is 1.46. The number of H-pyrrole nitrogens is 1. The van der Waals surface area contributed by atoms with Crippen molar-refractivity contribution in [2.75, 3.05) is 31.6 Å². The number of hydrogen-bond acceptors (Lipinski definition) is 4. The van der Waals surface area contributed by atoms with Gasteiger partial charge in [0, 0.05) is 42.1 Å². The van der Waals surface area contributed by atoms with Gasteiger partial charge in [-0.1, -0.05) is 11.6 Å². The summed E-state index contributed by atoms with van der Waals surface area (Å²) in [5.41, 5.74) is 1.54. The van der Waals surface area contributed by atoms with Crippen LogP contribution in [-0.2, 0) is 16.1 Å². The number of benzene rings is 2. The molecule has 3 aromatic rings. The first-order chi connectivity index (χ1) is 15.3. The van der Waals surface area contributed by atoms with Crippen molar-refractivity contribution >= 4 is 34.0 Å². The van der Waals surface area contributed by atoms with Crippen molar-refractivity contribution < 1.29 is 18.3 Å². The van der Waals surface area contributed by atoms with Crippen molar-refractivity contribution in [3.63, 3.8) is 0 Å². The number of pyridine rings is 1. The number of hydrogen-bond donors (Lipinski definition) is 1. The Balaban J connectivity index is 1.42. The Hall–Kier alpha value is -2.97. The number of ether oxygens (including phenoxy) is 1. The first kappa shape index (κ1) is 20.9. The molecule has 2 aliphatic heterocycles. The van der Waals surface area contributed by atoms with E-state index in [4.69, 9.17) is 16.3 Å². The molecule has 5 rings (SSSR count). The second kappa shape index (κ2) is 7.86. The summed E-state index contributed by atoms with van der Waals surface area (Å²) < 4.78 is 33.4. The molecule has 2 aromatic carbocycles. The van der Waals surface area contributed by atoms with E-state index in [2.05, 4.69) is 9.88 Å². The van der Waals surface area contributed by atoms with Crippen molar-refractivity contribution in [1.29, 1.82) is 0 Å². The predicted molar refractivity (Wildman–Crippen MR) is 117 cm³/mol. The first-order valence-corrected chi connectivity index (χ1v) is 10.6. The molecule has 3 heterocycles. The van der Waals surface area contributed by atoms with Crippen LogP contribution in [-0.4, -0.2) is 42.5 Å². The van der Waals surface area contributed by atoms with Gasteiger partial charge in [-0.05, 0) is 41.8 Å². The predicted octanol–water partition coefficient (Wildman–Crippen LogP) is 3.63. The highest BCUT2D eigenvalue weighted by atomic mass is 35.5. The van der Waals surface area contributed by atoms with Crippen LogP contribution in [0.3, 0.4) is 0 Å². The number of nitrogens with one attached hydrogen (secondary N) is 1. The lowest BCUT2D eigenvalue weighted by molar-refractivity contribution is -0.139. The van der Waals surface area contributed by atoms with Crippen molar-refractivity contribution in [3.8, 4) is 0 Å². The lowest BCUT2D eigenvalue weighted by atomic mass is 9.92. The van der Waals surface area contributed by atoms with Crippen molar-refractivity contribution in [2.45, 2.75) is 12.6 Å². The lowest BCUT2D eigenvalue weighted by Gasteiger charge is -2.43. The topological polar surface area (TPSA) is 65.6 Å². The molecule has 0 saturated carbocycles. The van der Waals surface area contributed by atoms with E-state index in [1.165, 1.54) is 0 Å². The summed E-state index contributed by atoms with van der Waals surface area (Å²) in [5, 5.41) is 0.999. The van der Waals surface area contributed by atoms with Gasteiger partial charge in [-0.25, -0.2) is 8.78 Å². The van der Waals surface area contributed by atoms with Gasteiger partial charge in [0.1, 0.15) is 0 Å². The molecule has 32 heavy (non-hydrogen) atoms. The van der Waals surface area contributed by atoms with Crippen molar-refractivity contribution in [1.82, 2.24) is 9.88 Å². The van der Waals surface area contributed by atoms with Crippen LogP contribution < -0.4 is 10.5 Å². The molecule has 0 spiro atoms. The SMILES string of the molecule is CN(C(=O)C1CN(c2ccc(Cl)cc2)C1)[C@@H]1COCc2[nH]c(=O)c3cc(F)c(F)cc3c21. The number of fused-ring (bicyclic) bond motifs is 3. The van der Waals surface area contributed by atoms with Gasteiger partial charge in [-0.2, -0.15) is 0 Å². The molecule has 1 N–H and O–H groups in total. The maximum atomic E-state index is 14.0. The van der Waals surface area contributed by atoms with E-state index in [1.807, 2.05) is 24.3 Å². The largest absolute Gasteiger partial charge is 0.373 e. The van der Waals surface area contributed by atoms with E-state index in [9.17, 15) is 18.4 Å². The second-order valence-corrected chi connectivity index (χ2v) is 8.65. The minimum absolute atomic E-state index is 0.0490. The van der Waals surface area contributed by atoms with Crippen LogP contribution in [0.4, 0.5) is 14.5 Å². The Labute approximate surface area is 187 Å². The van der Waals surface area contributed by atoms with Gasteiger partial charge >= 0.3 is 0 Å². The molecule has 1 atom stereocenters.